The van der Waals surface area contributed by atoms with Crippen LogP contribution in [0.1, 0.15) is 5.56 Å². The molecule has 0 bridgehead atoms. The Morgan fingerprint density at radius 1 is 1.50 bits per heavy atom. The summed E-state index contributed by atoms with van der Waals surface area (Å²) in [5.41, 5.74) is 1.16. The molecule has 0 fully saturated rings. The van der Waals surface area contributed by atoms with Gasteiger partial charge in [-0.05, 0) is 24.6 Å². The minimum absolute atomic E-state index is 0.00967. The van der Waals surface area contributed by atoms with Gasteiger partial charge in [0, 0.05) is 12.4 Å². The highest BCUT2D eigenvalue weighted by Gasteiger charge is 2.06. The Kier molecular flexibility index (Phi) is 5.06. The zero-order valence-electron chi connectivity index (χ0n) is 11.2. The van der Waals surface area contributed by atoms with Gasteiger partial charge in [0.05, 0.1) is 12.3 Å². The lowest BCUT2D eigenvalue weighted by Gasteiger charge is -2.09. The molecule has 2 rings (SSSR count). The van der Waals surface area contributed by atoms with Gasteiger partial charge in [-0.15, -0.1) is 0 Å². The molecular formula is C14H16N2O3S. The lowest BCUT2D eigenvalue weighted by atomic mass is 10.2. The molecule has 0 saturated heterocycles. The standard InChI is InChI=1S/C14H16N2O3S/c1-11-3-2-4-12(9-11)19-8-7-16-6-5-15-14(16)20-10-13(17)18/h2-6,9H,7-8,10H2,1H3,(H,17,18). The number of carboxylic acids is 1. The van der Waals surface area contributed by atoms with Gasteiger partial charge >= 0.3 is 5.97 Å². The largest absolute Gasteiger partial charge is 0.492 e. The van der Waals surface area contributed by atoms with E-state index in [-0.39, 0.29) is 5.75 Å². The lowest BCUT2D eigenvalue weighted by Crippen LogP contribution is -2.09. The van der Waals surface area contributed by atoms with Crippen LogP contribution in [-0.4, -0.2) is 33.0 Å². The highest BCUT2D eigenvalue weighted by Crippen LogP contribution is 2.16. The van der Waals surface area contributed by atoms with Crippen molar-refractivity contribution in [3.05, 3.63) is 42.2 Å². The molecule has 0 aliphatic carbocycles. The van der Waals surface area contributed by atoms with Gasteiger partial charge < -0.3 is 14.4 Å². The normalized spacial score (nSPS) is 10.4. The van der Waals surface area contributed by atoms with Crippen LogP contribution in [0.2, 0.25) is 0 Å². The van der Waals surface area contributed by atoms with E-state index in [4.69, 9.17) is 9.84 Å². The second-order valence-electron chi connectivity index (χ2n) is 4.25. The molecule has 0 radical (unpaired) electrons. The van der Waals surface area contributed by atoms with Gasteiger partial charge in [-0.3, -0.25) is 4.79 Å². The van der Waals surface area contributed by atoms with E-state index in [2.05, 4.69) is 4.98 Å². The number of aromatic nitrogens is 2. The highest BCUT2D eigenvalue weighted by atomic mass is 32.2. The quantitative estimate of drug-likeness (QED) is 0.794. The summed E-state index contributed by atoms with van der Waals surface area (Å²) in [5.74, 6) is 0.000798. The Hall–Kier alpha value is -1.95. The molecule has 1 aromatic carbocycles. The molecule has 0 aliphatic rings. The fourth-order valence-electron chi connectivity index (χ4n) is 1.70. The zero-order valence-corrected chi connectivity index (χ0v) is 12.0. The number of imidazole rings is 1. The van der Waals surface area contributed by atoms with Crippen molar-refractivity contribution in [2.45, 2.75) is 18.6 Å². The third kappa shape index (κ3) is 4.31. The fourth-order valence-corrected chi connectivity index (χ4v) is 2.41. The van der Waals surface area contributed by atoms with Crippen LogP contribution in [0.25, 0.3) is 0 Å². The Balaban J connectivity index is 1.85. The molecule has 1 aromatic heterocycles. The van der Waals surface area contributed by atoms with Crippen molar-refractivity contribution >= 4 is 17.7 Å². The van der Waals surface area contributed by atoms with Crippen LogP contribution in [0, 0.1) is 6.92 Å². The van der Waals surface area contributed by atoms with Crippen LogP contribution in [-0.2, 0) is 11.3 Å². The lowest BCUT2D eigenvalue weighted by molar-refractivity contribution is -0.133. The van der Waals surface area contributed by atoms with E-state index < -0.39 is 5.97 Å². The fraction of sp³-hybridized carbons (Fsp3) is 0.286. The summed E-state index contributed by atoms with van der Waals surface area (Å²) in [6.07, 6.45) is 3.49. The third-order valence-corrected chi connectivity index (χ3v) is 3.58. The number of aryl methyl sites for hydroxylation is 1. The van der Waals surface area contributed by atoms with Crippen molar-refractivity contribution < 1.29 is 14.6 Å². The van der Waals surface area contributed by atoms with Gasteiger partial charge in [0.15, 0.2) is 5.16 Å². The molecule has 2 aromatic rings. The first-order valence-electron chi connectivity index (χ1n) is 6.20. The predicted octanol–water partition coefficient (Wildman–Crippen LogP) is 2.45. The second-order valence-corrected chi connectivity index (χ2v) is 5.19. The number of benzene rings is 1. The summed E-state index contributed by atoms with van der Waals surface area (Å²) < 4.78 is 7.56. The molecule has 106 valence electrons. The number of hydrogen-bond donors (Lipinski definition) is 1. The van der Waals surface area contributed by atoms with E-state index in [1.165, 1.54) is 11.8 Å². The molecule has 5 nitrogen and oxygen atoms in total. The molecule has 20 heavy (non-hydrogen) atoms. The average molecular weight is 292 g/mol. The topological polar surface area (TPSA) is 64.4 Å². The smallest absolute Gasteiger partial charge is 0.313 e. The summed E-state index contributed by atoms with van der Waals surface area (Å²) in [7, 11) is 0. The first-order chi connectivity index (χ1) is 9.65. The van der Waals surface area contributed by atoms with E-state index >= 15 is 0 Å². The van der Waals surface area contributed by atoms with Crippen molar-refractivity contribution in [1.29, 1.82) is 0 Å². The SMILES string of the molecule is Cc1cccc(OCCn2ccnc2SCC(=O)O)c1. The molecule has 0 amide bonds. The summed E-state index contributed by atoms with van der Waals surface area (Å²) in [5, 5.41) is 9.37. The molecule has 6 heteroatoms. The van der Waals surface area contributed by atoms with Crippen molar-refractivity contribution in [3.63, 3.8) is 0 Å². The summed E-state index contributed by atoms with van der Waals surface area (Å²) in [6.45, 7) is 3.17. The van der Waals surface area contributed by atoms with Crippen LogP contribution in [0.15, 0.2) is 41.8 Å². The molecule has 0 spiro atoms. The maximum Gasteiger partial charge on any atom is 0.313 e. The molecule has 1 N–H and O–H groups in total. The van der Waals surface area contributed by atoms with Gasteiger partial charge in [0.1, 0.15) is 12.4 Å². The second kappa shape index (κ2) is 7.00. The van der Waals surface area contributed by atoms with Gasteiger partial charge in [-0.1, -0.05) is 23.9 Å². The first-order valence-corrected chi connectivity index (χ1v) is 7.19. The Morgan fingerprint density at radius 2 is 2.35 bits per heavy atom. The van der Waals surface area contributed by atoms with Crippen LogP contribution in [0.3, 0.4) is 0 Å². The number of thioether (sulfide) groups is 1. The highest BCUT2D eigenvalue weighted by molar-refractivity contribution is 7.99. The van der Waals surface area contributed by atoms with Crippen LogP contribution in [0.5, 0.6) is 5.75 Å². The third-order valence-electron chi connectivity index (χ3n) is 2.59. The van der Waals surface area contributed by atoms with Crippen LogP contribution >= 0.6 is 11.8 Å². The number of nitrogens with zero attached hydrogens (tertiary/aromatic N) is 2. The number of aliphatic carboxylic acids is 1. The Labute approximate surface area is 121 Å². The van der Waals surface area contributed by atoms with Crippen molar-refractivity contribution in [3.8, 4) is 5.75 Å². The van der Waals surface area contributed by atoms with Gasteiger partial charge in [-0.25, -0.2) is 4.98 Å². The average Bonchev–Trinajstić information content (AvgIpc) is 2.84. The number of hydrogen-bond acceptors (Lipinski definition) is 4. The van der Waals surface area contributed by atoms with Crippen LogP contribution < -0.4 is 4.74 Å². The molecule has 1 heterocycles. The number of carboxylic acid groups (broad SMARTS) is 1. The summed E-state index contributed by atoms with van der Waals surface area (Å²) in [6, 6.07) is 7.87. The maximum absolute atomic E-state index is 10.6. The Bertz CT molecular complexity index is 583. The van der Waals surface area contributed by atoms with Gasteiger partial charge in [0.25, 0.3) is 0 Å². The zero-order chi connectivity index (χ0) is 14.4. The van der Waals surface area contributed by atoms with Gasteiger partial charge in [0.2, 0.25) is 0 Å². The van der Waals surface area contributed by atoms with E-state index in [0.717, 1.165) is 11.3 Å². The maximum atomic E-state index is 10.6. The Morgan fingerprint density at radius 3 is 3.10 bits per heavy atom. The van der Waals surface area contributed by atoms with E-state index in [1.807, 2.05) is 42.0 Å². The first kappa shape index (κ1) is 14.5. The molecule has 0 atom stereocenters. The number of rotatable bonds is 7. The van der Waals surface area contributed by atoms with E-state index in [1.54, 1.807) is 6.20 Å². The molecule has 0 unspecified atom stereocenters. The van der Waals surface area contributed by atoms with E-state index in [9.17, 15) is 4.79 Å². The monoisotopic (exact) mass is 292 g/mol. The van der Waals surface area contributed by atoms with Crippen molar-refractivity contribution in [1.82, 2.24) is 9.55 Å². The van der Waals surface area contributed by atoms with E-state index in [0.29, 0.717) is 18.3 Å². The summed E-state index contributed by atoms with van der Waals surface area (Å²) in [4.78, 5) is 14.7. The number of ether oxygens (including phenoxy) is 1. The molecular weight excluding hydrogens is 276 g/mol. The summed E-state index contributed by atoms with van der Waals surface area (Å²) >= 11 is 1.21. The number of carbonyl (C=O) groups is 1. The van der Waals surface area contributed by atoms with Crippen LogP contribution in [0.4, 0.5) is 0 Å². The molecule has 0 saturated carbocycles. The van der Waals surface area contributed by atoms with Crippen molar-refractivity contribution in [2.24, 2.45) is 0 Å². The van der Waals surface area contributed by atoms with Crippen molar-refractivity contribution in [2.75, 3.05) is 12.4 Å². The predicted molar refractivity (Wildman–Crippen MR) is 77.3 cm³/mol. The minimum atomic E-state index is -0.847. The minimum Gasteiger partial charge on any atom is -0.492 e. The van der Waals surface area contributed by atoms with Gasteiger partial charge in [-0.2, -0.15) is 0 Å². The molecule has 0 aliphatic heterocycles.